The molecule has 2 N–H and O–H groups in total. The normalized spacial score (nSPS) is 10.1. The van der Waals surface area contributed by atoms with E-state index in [0.717, 1.165) is 23.4 Å². The zero-order valence-corrected chi connectivity index (χ0v) is 9.31. The summed E-state index contributed by atoms with van der Waals surface area (Å²) >= 11 is 0. The van der Waals surface area contributed by atoms with Crippen LogP contribution in [0, 0.1) is 0 Å². The lowest BCUT2D eigenvalue weighted by molar-refractivity contribution is 0.414. The first-order chi connectivity index (χ1) is 7.79. The summed E-state index contributed by atoms with van der Waals surface area (Å²) < 4.78 is 5.19. The average molecular weight is 213 g/mol. The third-order valence-corrected chi connectivity index (χ3v) is 2.58. The van der Waals surface area contributed by atoms with Crippen molar-refractivity contribution in [2.24, 2.45) is 0 Å². The molecule has 0 radical (unpaired) electrons. The number of methoxy groups -OCH3 is 1. The highest BCUT2D eigenvalue weighted by molar-refractivity contribution is 5.48. The number of para-hydroxylation sites is 1. The van der Waals surface area contributed by atoms with Gasteiger partial charge in [0.1, 0.15) is 5.75 Å². The predicted molar refractivity (Wildman–Crippen MR) is 66.7 cm³/mol. The van der Waals surface area contributed by atoms with Crippen molar-refractivity contribution in [3.63, 3.8) is 0 Å². The van der Waals surface area contributed by atoms with E-state index in [0.29, 0.717) is 0 Å². The van der Waals surface area contributed by atoms with Gasteiger partial charge in [0, 0.05) is 5.69 Å². The molecule has 2 heteroatoms. The van der Waals surface area contributed by atoms with E-state index >= 15 is 0 Å². The molecule has 82 valence electrons. The van der Waals surface area contributed by atoms with Crippen LogP contribution in [0.1, 0.15) is 11.1 Å². The van der Waals surface area contributed by atoms with E-state index in [4.69, 9.17) is 10.5 Å². The molecule has 0 heterocycles. The summed E-state index contributed by atoms with van der Waals surface area (Å²) in [5.41, 5.74) is 9.10. The van der Waals surface area contributed by atoms with Crippen molar-refractivity contribution in [1.29, 1.82) is 0 Å². The summed E-state index contributed by atoms with van der Waals surface area (Å²) in [4.78, 5) is 0. The Kier molecular flexibility index (Phi) is 3.10. The van der Waals surface area contributed by atoms with Crippen LogP contribution in [-0.2, 0) is 6.42 Å². The van der Waals surface area contributed by atoms with Crippen LogP contribution in [0.3, 0.4) is 0 Å². The molecule has 0 aliphatic heterocycles. The summed E-state index contributed by atoms with van der Waals surface area (Å²) in [7, 11) is 1.68. The fourth-order valence-electron chi connectivity index (χ4n) is 1.70. The van der Waals surface area contributed by atoms with Gasteiger partial charge in [0.2, 0.25) is 0 Å². The summed E-state index contributed by atoms with van der Waals surface area (Å²) in [5.74, 6) is 0.881. The molecule has 0 aliphatic rings. The van der Waals surface area contributed by atoms with Gasteiger partial charge in [-0.2, -0.15) is 0 Å². The maximum atomic E-state index is 5.91. The molecule has 2 rings (SSSR count). The van der Waals surface area contributed by atoms with Crippen LogP contribution in [0.5, 0.6) is 5.75 Å². The zero-order chi connectivity index (χ0) is 11.4. The summed E-state index contributed by atoms with van der Waals surface area (Å²) in [6.07, 6.45) is 0.837. The molecule has 0 aliphatic carbocycles. The van der Waals surface area contributed by atoms with Gasteiger partial charge in [-0.05, 0) is 35.7 Å². The minimum absolute atomic E-state index is 0.837. The van der Waals surface area contributed by atoms with Gasteiger partial charge in [0.25, 0.3) is 0 Å². The standard InChI is InChI=1S/C14H15NO/c1-16-13-7-4-5-11(10-13)9-12-6-2-3-8-14(12)15/h2-8,10H,9,15H2,1H3. The number of nitrogens with two attached hydrogens (primary N) is 1. The van der Waals surface area contributed by atoms with Gasteiger partial charge in [-0.1, -0.05) is 30.3 Å². The minimum atomic E-state index is 0.837. The first-order valence-corrected chi connectivity index (χ1v) is 5.26. The quantitative estimate of drug-likeness (QED) is 0.796. The van der Waals surface area contributed by atoms with Gasteiger partial charge in [-0.3, -0.25) is 0 Å². The Hall–Kier alpha value is -1.96. The van der Waals surface area contributed by atoms with Crippen molar-refractivity contribution < 1.29 is 4.74 Å². The number of anilines is 1. The Balaban J connectivity index is 2.24. The van der Waals surface area contributed by atoms with Crippen molar-refractivity contribution in [3.05, 3.63) is 59.7 Å². The predicted octanol–water partition coefficient (Wildman–Crippen LogP) is 2.87. The van der Waals surface area contributed by atoms with E-state index in [1.807, 2.05) is 36.4 Å². The Bertz CT molecular complexity index is 480. The Morgan fingerprint density at radius 2 is 1.88 bits per heavy atom. The lowest BCUT2D eigenvalue weighted by Crippen LogP contribution is -1.95. The lowest BCUT2D eigenvalue weighted by Gasteiger charge is -2.06. The second-order valence-electron chi connectivity index (χ2n) is 3.73. The Morgan fingerprint density at radius 1 is 1.06 bits per heavy atom. The Labute approximate surface area is 95.7 Å². The van der Waals surface area contributed by atoms with Crippen LogP contribution in [-0.4, -0.2) is 7.11 Å². The number of ether oxygens (including phenoxy) is 1. The fraction of sp³-hybridized carbons (Fsp3) is 0.143. The Morgan fingerprint density at radius 3 is 2.62 bits per heavy atom. The number of hydrogen-bond acceptors (Lipinski definition) is 2. The molecule has 16 heavy (non-hydrogen) atoms. The van der Waals surface area contributed by atoms with Crippen molar-refractivity contribution in [2.75, 3.05) is 12.8 Å². The maximum absolute atomic E-state index is 5.91. The van der Waals surface area contributed by atoms with E-state index in [-0.39, 0.29) is 0 Å². The van der Waals surface area contributed by atoms with Gasteiger partial charge in [0.05, 0.1) is 7.11 Å². The molecule has 2 nitrogen and oxygen atoms in total. The van der Waals surface area contributed by atoms with Crippen molar-refractivity contribution in [1.82, 2.24) is 0 Å². The highest BCUT2D eigenvalue weighted by Crippen LogP contribution is 2.19. The molecular weight excluding hydrogens is 198 g/mol. The van der Waals surface area contributed by atoms with Crippen molar-refractivity contribution in [2.45, 2.75) is 6.42 Å². The number of benzene rings is 2. The minimum Gasteiger partial charge on any atom is -0.497 e. The van der Waals surface area contributed by atoms with Crippen molar-refractivity contribution >= 4 is 5.69 Å². The molecule has 2 aromatic rings. The van der Waals surface area contributed by atoms with E-state index in [1.165, 1.54) is 5.56 Å². The topological polar surface area (TPSA) is 35.2 Å². The number of hydrogen-bond donors (Lipinski definition) is 1. The molecule has 0 atom stereocenters. The molecule has 0 amide bonds. The SMILES string of the molecule is COc1cccc(Cc2ccccc2N)c1. The second kappa shape index (κ2) is 4.71. The smallest absolute Gasteiger partial charge is 0.119 e. The van der Waals surface area contributed by atoms with Gasteiger partial charge in [-0.15, -0.1) is 0 Å². The third-order valence-electron chi connectivity index (χ3n) is 2.58. The van der Waals surface area contributed by atoms with Crippen LogP contribution in [0.25, 0.3) is 0 Å². The molecule has 0 saturated heterocycles. The molecule has 0 aromatic heterocycles. The van der Waals surface area contributed by atoms with Crippen LogP contribution in [0.15, 0.2) is 48.5 Å². The number of rotatable bonds is 3. The van der Waals surface area contributed by atoms with Crippen molar-refractivity contribution in [3.8, 4) is 5.75 Å². The van der Waals surface area contributed by atoms with E-state index < -0.39 is 0 Å². The van der Waals surface area contributed by atoms with Gasteiger partial charge in [0.15, 0.2) is 0 Å². The summed E-state index contributed by atoms with van der Waals surface area (Å²) in [5, 5.41) is 0. The molecule has 0 bridgehead atoms. The van der Waals surface area contributed by atoms with E-state index in [9.17, 15) is 0 Å². The molecule has 0 saturated carbocycles. The lowest BCUT2D eigenvalue weighted by atomic mass is 10.0. The van der Waals surface area contributed by atoms with E-state index in [1.54, 1.807) is 7.11 Å². The van der Waals surface area contributed by atoms with Crippen LogP contribution < -0.4 is 10.5 Å². The highest BCUT2D eigenvalue weighted by Gasteiger charge is 2.00. The molecular formula is C14H15NO. The monoisotopic (exact) mass is 213 g/mol. The van der Waals surface area contributed by atoms with Crippen LogP contribution >= 0.6 is 0 Å². The highest BCUT2D eigenvalue weighted by atomic mass is 16.5. The largest absolute Gasteiger partial charge is 0.497 e. The summed E-state index contributed by atoms with van der Waals surface area (Å²) in [6, 6.07) is 16.0. The van der Waals surface area contributed by atoms with Crippen LogP contribution in [0.4, 0.5) is 5.69 Å². The van der Waals surface area contributed by atoms with Crippen LogP contribution in [0.2, 0.25) is 0 Å². The first-order valence-electron chi connectivity index (χ1n) is 5.26. The van der Waals surface area contributed by atoms with Gasteiger partial charge >= 0.3 is 0 Å². The average Bonchev–Trinajstić information content (AvgIpc) is 2.32. The van der Waals surface area contributed by atoms with Gasteiger partial charge in [-0.25, -0.2) is 0 Å². The van der Waals surface area contributed by atoms with E-state index in [2.05, 4.69) is 12.1 Å². The third kappa shape index (κ3) is 2.34. The fourth-order valence-corrected chi connectivity index (χ4v) is 1.70. The molecule has 0 fully saturated rings. The molecule has 0 spiro atoms. The maximum Gasteiger partial charge on any atom is 0.119 e. The van der Waals surface area contributed by atoms with Gasteiger partial charge < -0.3 is 10.5 Å². The molecule has 0 unspecified atom stereocenters. The number of nitrogen functional groups attached to an aromatic ring is 1. The summed E-state index contributed by atoms with van der Waals surface area (Å²) in [6.45, 7) is 0. The second-order valence-corrected chi connectivity index (χ2v) is 3.73. The first kappa shape index (κ1) is 10.6. The molecule has 2 aromatic carbocycles. The zero-order valence-electron chi connectivity index (χ0n) is 9.31.